The van der Waals surface area contributed by atoms with Crippen LogP contribution >= 0.6 is 0 Å². The van der Waals surface area contributed by atoms with E-state index in [2.05, 4.69) is 36.8 Å². The van der Waals surface area contributed by atoms with Crippen LogP contribution in [-0.4, -0.2) is 24.1 Å². The summed E-state index contributed by atoms with van der Waals surface area (Å²) in [5.41, 5.74) is 0. The van der Waals surface area contributed by atoms with E-state index < -0.39 is 0 Å². The lowest BCUT2D eigenvalue weighted by Crippen LogP contribution is -2.17. The van der Waals surface area contributed by atoms with Crippen molar-refractivity contribution >= 4 is 11.9 Å². The van der Waals surface area contributed by atoms with E-state index in [0.29, 0.717) is 51.4 Å². The maximum Gasteiger partial charge on any atom is 0.307 e. The Bertz CT molecular complexity index is 570. The molecule has 0 aliphatic carbocycles. The zero-order chi connectivity index (χ0) is 20.5. The average Bonchev–Trinajstić information content (AvgIpc) is 2.68. The second kappa shape index (κ2) is 15.6. The lowest BCUT2D eigenvalue weighted by molar-refractivity contribution is -0.147. The molecule has 0 spiro atoms. The van der Waals surface area contributed by atoms with Crippen molar-refractivity contribution < 1.29 is 19.1 Å². The van der Waals surface area contributed by atoms with Crippen LogP contribution in [0.25, 0.3) is 0 Å². The second-order valence-electron chi connectivity index (χ2n) is 6.75. The third-order valence-corrected chi connectivity index (χ3v) is 4.20. The van der Waals surface area contributed by atoms with E-state index in [1.54, 1.807) is 12.2 Å². The molecule has 0 aromatic carbocycles. The highest BCUT2D eigenvalue weighted by Gasteiger charge is 2.12. The van der Waals surface area contributed by atoms with Gasteiger partial charge in [0.05, 0.1) is 0 Å². The molecule has 1 aliphatic heterocycles. The monoisotopic (exact) mass is 384 g/mol. The number of ether oxygens (including phenoxy) is 2. The predicted octanol–water partition coefficient (Wildman–Crippen LogP) is 4.88. The molecule has 0 saturated carbocycles. The summed E-state index contributed by atoms with van der Waals surface area (Å²) >= 11 is 0. The molecule has 2 unspecified atom stereocenters. The first-order valence-corrected chi connectivity index (χ1v) is 10.2. The first-order valence-electron chi connectivity index (χ1n) is 10.2. The summed E-state index contributed by atoms with van der Waals surface area (Å²) in [6.07, 6.45) is 10.7. The Morgan fingerprint density at radius 3 is 1.61 bits per heavy atom. The van der Waals surface area contributed by atoms with Crippen LogP contribution in [0, 0.1) is 23.7 Å². The number of cyclic esters (lactones) is 2. The van der Waals surface area contributed by atoms with Crippen molar-refractivity contribution in [1.82, 2.24) is 0 Å². The number of hydrogen-bond donors (Lipinski definition) is 0. The summed E-state index contributed by atoms with van der Waals surface area (Å²) in [5.74, 6) is 11.8. The number of carbonyl (C=O) groups excluding carboxylic acids is 2. The Kier molecular flexibility index (Phi) is 13.1. The largest absolute Gasteiger partial charge is 0.449 e. The third kappa shape index (κ3) is 12.0. The van der Waals surface area contributed by atoms with E-state index >= 15 is 0 Å². The topological polar surface area (TPSA) is 52.6 Å². The van der Waals surface area contributed by atoms with Crippen LogP contribution in [0.3, 0.4) is 0 Å². The molecule has 2 atom stereocenters. The minimum atomic E-state index is -0.389. The molecule has 0 N–H and O–H groups in total. The highest BCUT2D eigenvalue weighted by molar-refractivity contribution is 5.70. The van der Waals surface area contributed by atoms with Crippen LogP contribution in [0.2, 0.25) is 0 Å². The van der Waals surface area contributed by atoms with Crippen LogP contribution in [0.5, 0.6) is 0 Å². The van der Waals surface area contributed by atoms with E-state index in [-0.39, 0.29) is 24.1 Å². The SMILES string of the molecule is C=CCCC1C#CCCCCC(=O)OC(CCC=C)C#CCCCCC(=O)O1. The van der Waals surface area contributed by atoms with E-state index in [4.69, 9.17) is 9.47 Å². The molecule has 1 aliphatic rings. The minimum Gasteiger partial charge on any atom is -0.449 e. The predicted molar refractivity (Wildman–Crippen MR) is 111 cm³/mol. The molecule has 0 aromatic heterocycles. The van der Waals surface area contributed by atoms with Gasteiger partial charge in [0.15, 0.2) is 12.2 Å². The molecular formula is C24H32O4. The van der Waals surface area contributed by atoms with Crippen molar-refractivity contribution in [3.63, 3.8) is 0 Å². The van der Waals surface area contributed by atoms with E-state index in [9.17, 15) is 9.59 Å². The standard InChI is InChI=1S/C24H32O4/c1-3-5-15-21-17-11-7-9-14-20-24(26)28-22(16-6-4-2)18-12-8-10-13-19-23(25)27-21/h3-4,21-22H,1-2,5-10,13-16,19-20H2. The molecule has 1 heterocycles. The number of hydrogen-bond acceptors (Lipinski definition) is 4. The Balaban J connectivity index is 2.68. The summed E-state index contributed by atoms with van der Waals surface area (Å²) in [6, 6.07) is 0. The number of allylic oxidation sites excluding steroid dienone is 2. The van der Waals surface area contributed by atoms with Gasteiger partial charge in [0, 0.05) is 25.7 Å². The van der Waals surface area contributed by atoms with Gasteiger partial charge in [-0.2, -0.15) is 0 Å². The van der Waals surface area contributed by atoms with Gasteiger partial charge in [-0.15, -0.1) is 13.2 Å². The zero-order valence-electron chi connectivity index (χ0n) is 16.8. The van der Waals surface area contributed by atoms with Crippen LogP contribution in [-0.2, 0) is 19.1 Å². The van der Waals surface area contributed by atoms with Gasteiger partial charge < -0.3 is 9.47 Å². The summed E-state index contributed by atoms with van der Waals surface area (Å²) in [6.45, 7) is 7.41. The van der Waals surface area contributed by atoms with Crippen LogP contribution in [0.15, 0.2) is 25.3 Å². The Labute approximate surface area is 169 Å². The van der Waals surface area contributed by atoms with E-state index in [1.807, 2.05) is 0 Å². The number of esters is 2. The van der Waals surface area contributed by atoms with Crippen molar-refractivity contribution in [2.45, 2.75) is 89.3 Å². The summed E-state index contributed by atoms with van der Waals surface area (Å²) in [5, 5.41) is 0. The summed E-state index contributed by atoms with van der Waals surface area (Å²) in [4.78, 5) is 24.1. The molecule has 0 saturated heterocycles. The molecular weight excluding hydrogens is 352 g/mol. The third-order valence-electron chi connectivity index (χ3n) is 4.20. The van der Waals surface area contributed by atoms with Crippen molar-refractivity contribution in [2.75, 3.05) is 0 Å². The zero-order valence-corrected chi connectivity index (χ0v) is 16.8. The van der Waals surface area contributed by atoms with Gasteiger partial charge in [0.2, 0.25) is 0 Å². The fourth-order valence-electron chi connectivity index (χ4n) is 2.63. The van der Waals surface area contributed by atoms with Crippen molar-refractivity contribution in [2.24, 2.45) is 0 Å². The highest BCUT2D eigenvalue weighted by atomic mass is 16.5. The van der Waals surface area contributed by atoms with Gasteiger partial charge in [0.25, 0.3) is 0 Å². The maximum atomic E-state index is 12.0. The first kappa shape index (κ1) is 23.6. The lowest BCUT2D eigenvalue weighted by atomic mass is 10.1. The summed E-state index contributed by atoms with van der Waals surface area (Å²) in [7, 11) is 0. The van der Waals surface area contributed by atoms with E-state index in [0.717, 1.165) is 25.7 Å². The molecule has 0 aromatic rings. The molecule has 0 bridgehead atoms. The molecule has 4 nitrogen and oxygen atoms in total. The Morgan fingerprint density at radius 1 is 0.786 bits per heavy atom. The normalized spacial score (nSPS) is 22.0. The van der Waals surface area contributed by atoms with Gasteiger partial charge in [-0.05, 0) is 51.4 Å². The van der Waals surface area contributed by atoms with Crippen molar-refractivity contribution in [3.05, 3.63) is 25.3 Å². The first-order chi connectivity index (χ1) is 13.7. The van der Waals surface area contributed by atoms with Gasteiger partial charge in [-0.3, -0.25) is 9.59 Å². The second-order valence-corrected chi connectivity index (χ2v) is 6.75. The van der Waals surface area contributed by atoms with Crippen LogP contribution < -0.4 is 0 Å². The van der Waals surface area contributed by atoms with Crippen LogP contribution in [0.1, 0.15) is 77.0 Å². The smallest absolute Gasteiger partial charge is 0.307 e. The minimum absolute atomic E-state index is 0.213. The molecule has 4 heteroatoms. The quantitative estimate of drug-likeness (QED) is 0.372. The Hall–Kier alpha value is -2.46. The molecule has 0 fully saturated rings. The van der Waals surface area contributed by atoms with Crippen LogP contribution in [0.4, 0.5) is 0 Å². The van der Waals surface area contributed by atoms with Gasteiger partial charge >= 0.3 is 11.9 Å². The van der Waals surface area contributed by atoms with E-state index in [1.165, 1.54) is 0 Å². The van der Waals surface area contributed by atoms with Crippen molar-refractivity contribution in [3.8, 4) is 23.7 Å². The molecule has 1 rings (SSSR count). The number of rotatable bonds is 6. The maximum absolute atomic E-state index is 12.0. The molecule has 0 radical (unpaired) electrons. The van der Waals surface area contributed by atoms with Crippen molar-refractivity contribution in [1.29, 1.82) is 0 Å². The summed E-state index contributed by atoms with van der Waals surface area (Å²) < 4.78 is 11.0. The average molecular weight is 385 g/mol. The fraction of sp³-hybridized carbons (Fsp3) is 0.583. The molecule has 152 valence electrons. The van der Waals surface area contributed by atoms with Gasteiger partial charge in [-0.25, -0.2) is 0 Å². The number of carbonyl (C=O) groups is 2. The highest BCUT2D eigenvalue weighted by Crippen LogP contribution is 2.10. The molecule has 28 heavy (non-hydrogen) atoms. The lowest BCUT2D eigenvalue weighted by Gasteiger charge is -2.12. The van der Waals surface area contributed by atoms with Gasteiger partial charge in [0.1, 0.15) is 0 Å². The fourth-order valence-corrected chi connectivity index (χ4v) is 2.63. The molecule has 0 amide bonds. The van der Waals surface area contributed by atoms with Gasteiger partial charge in [-0.1, -0.05) is 35.8 Å². The Morgan fingerprint density at radius 2 is 1.21 bits per heavy atom.